The van der Waals surface area contributed by atoms with Crippen molar-refractivity contribution in [3.63, 3.8) is 0 Å². The highest BCUT2D eigenvalue weighted by atomic mass is 19.1. The number of rotatable bonds is 4. The van der Waals surface area contributed by atoms with E-state index in [0.717, 1.165) is 0 Å². The fraction of sp³-hybridized carbons (Fsp3) is 0.500. The molecule has 0 bridgehead atoms. The number of benzene rings is 1. The highest BCUT2D eigenvalue weighted by Crippen LogP contribution is 2.10. The predicted molar refractivity (Wildman–Crippen MR) is 68.6 cm³/mol. The molecule has 18 heavy (non-hydrogen) atoms. The lowest BCUT2D eigenvalue weighted by atomic mass is 10.2. The molecule has 0 aliphatic carbocycles. The molecule has 0 fully saturated rings. The zero-order chi connectivity index (χ0) is 13.8. The molecule has 0 unspecified atom stereocenters. The zero-order valence-electron chi connectivity index (χ0n) is 11.4. The first-order chi connectivity index (χ1) is 8.28. The average Bonchev–Trinajstić information content (AvgIpc) is 2.18. The summed E-state index contributed by atoms with van der Waals surface area (Å²) in [5, 5.41) is 0. The Bertz CT molecular complexity index is 413. The Hall–Kier alpha value is -1.42. The number of nitrogens with zero attached hydrogens (tertiary/aromatic N) is 1. The van der Waals surface area contributed by atoms with Gasteiger partial charge in [-0.1, -0.05) is 18.2 Å². The summed E-state index contributed by atoms with van der Waals surface area (Å²) in [4.78, 5) is 13.3. The van der Waals surface area contributed by atoms with Crippen molar-refractivity contribution in [3.8, 4) is 0 Å². The number of ether oxygens (including phenoxy) is 1. The van der Waals surface area contributed by atoms with Gasteiger partial charge in [-0.05, 0) is 33.9 Å². The quantitative estimate of drug-likeness (QED) is 0.772. The van der Waals surface area contributed by atoms with E-state index in [-0.39, 0.29) is 18.3 Å². The molecule has 0 aromatic heterocycles. The second-order valence-corrected chi connectivity index (χ2v) is 5.35. The van der Waals surface area contributed by atoms with E-state index in [0.29, 0.717) is 12.1 Å². The fourth-order valence-corrected chi connectivity index (χ4v) is 1.57. The Labute approximate surface area is 108 Å². The fourth-order valence-electron chi connectivity index (χ4n) is 1.57. The molecule has 0 atom stereocenters. The number of likely N-dealkylation sites (N-methyl/N-ethyl adjacent to an activating group) is 1. The van der Waals surface area contributed by atoms with Gasteiger partial charge in [0.15, 0.2) is 0 Å². The van der Waals surface area contributed by atoms with E-state index < -0.39 is 5.60 Å². The van der Waals surface area contributed by atoms with Crippen molar-refractivity contribution in [1.29, 1.82) is 0 Å². The standard InChI is InChI=1S/C14H20FNO2/c1-14(2,3)18-13(17)10-16(4)9-11-7-5-6-8-12(11)15/h5-8H,9-10H2,1-4H3. The molecular formula is C14H20FNO2. The van der Waals surface area contributed by atoms with Crippen LogP contribution in [-0.2, 0) is 16.1 Å². The average molecular weight is 253 g/mol. The third-order valence-corrected chi connectivity index (χ3v) is 2.22. The van der Waals surface area contributed by atoms with Crippen molar-refractivity contribution >= 4 is 5.97 Å². The number of carbonyl (C=O) groups excluding carboxylic acids is 1. The van der Waals surface area contributed by atoms with Crippen LogP contribution in [0.2, 0.25) is 0 Å². The summed E-state index contributed by atoms with van der Waals surface area (Å²) in [6.45, 7) is 5.99. The number of esters is 1. The van der Waals surface area contributed by atoms with E-state index in [9.17, 15) is 9.18 Å². The van der Waals surface area contributed by atoms with Crippen LogP contribution in [0.4, 0.5) is 4.39 Å². The lowest BCUT2D eigenvalue weighted by molar-refractivity contribution is -0.155. The summed E-state index contributed by atoms with van der Waals surface area (Å²) in [7, 11) is 1.76. The van der Waals surface area contributed by atoms with Gasteiger partial charge in [0.05, 0.1) is 6.54 Å². The topological polar surface area (TPSA) is 29.5 Å². The molecule has 0 aliphatic heterocycles. The van der Waals surface area contributed by atoms with Crippen molar-refractivity contribution < 1.29 is 13.9 Å². The Kier molecular flexibility index (Phi) is 4.84. The minimum atomic E-state index is -0.490. The number of hydrogen-bond donors (Lipinski definition) is 0. The van der Waals surface area contributed by atoms with Gasteiger partial charge in [0.1, 0.15) is 11.4 Å². The number of hydrogen-bond acceptors (Lipinski definition) is 3. The molecule has 1 aromatic carbocycles. The van der Waals surface area contributed by atoms with E-state index in [1.807, 2.05) is 20.8 Å². The van der Waals surface area contributed by atoms with Gasteiger partial charge >= 0.3 is 5.97 Å². The van der Waals surface area contributed by atoms with Crippen molar-refractivity contribution in [2.24, 2.45) is 0 Å². The monoisotopic (exact) mass is 253 g/mol. The molecule has 0 heterocycles. The summed E-state index contributed by atoms with van der Waals surface area (Å²) in [5.74, 6) is -0.560. The summed E-state index contributed by atoms with van der Waals surface area (Å²) < 4.78 is 18.6. The largest absolute Gasteiger partial charge is 0.459 e. The van der Waals surface area contributed by atoms with Gasteiger partial charge in [-0.15, -0.1) is 0 Å². The molecule has 1 aromatic rings. The number of halogens is 1. The van der Waals surface area contributed by atoms with Crippen molar-refractivity contribution in [3.05, 3.63) is 35.6 Å². The summed E-state index contributed by atoms with van der Waals surface area (Å²) in [6, 6.07) is 6.55. The first-order valence-electron chi connectivity index (χ1n) is 5.92. The zero-order valence-corrected chi connectivity index (χ0v) is 11.4. The van der Waals surface area contributed by atoms with Crippen molar-refractivity contribution in [2.75, 3.05) is 13.6 Å². The molecule has 3 nitrogen and oxygen atoms in total. The van der Waals surface area contributed by atoms with Gasteiger partial charge in [-0.3, -0.25) is 9.69 Å². The van der Waals surface area contributed by atoms with Crippen LogP contribution in [0.1, 0.15) is 26.3 Å². The van der Waals surface area contributed by atoms with Crippen LogP contribution < -0.4 is 0 Å². The lowest BCUT2D eigenvalue weighted by Crippen LogP contribution is -2.32. The normalized spacial score (nSPS) is 11.7. The van der Waals surface area contributed by atoms with E-state index >= 15 is 0 Å². The maximum atomic E-state index is 13.4. The molecule has 0 spiro atoms. The minimum absolute atomic E-state index is 0.144. The SMILES string of the molecule is CN(CC(=O)OC(C)(C)C)Cc1ccccc1F. The molecule has 0 radical (unpaired) electrons. The molecule has 0 saturated carbocycles. The molecule has 0 aliphatic rings. The first-order valence-corrected chi connectivity index (χ1v) is 5.92. The van der Waals surface area contributed by atoms with Gasteiger partial charge in [-0.25, -0.2) is 4.39 Å². The Morgan fingerprint density at radius 1 is 1.33 bits per heavy atom. The van der Waals surface area contributed by atoms with Crippen LogP contribution in [0.3, 0.4) is 0 Å². The molecule has 0 saturated heterocycles. The summed E-state index contributed by atoms with van der Waals surface area (Å²) in [5.41, 5.74) is 0.0826. The third-order valence-electron chi connectivity index (χ3n) is 2.22. The first kappa shape index (κ1) is 14.6. The summed E-state index contributed by atoms with van der Waals surface area (Å²) >= 11 is 0. The maximum absolute atomic E-state index is 13.4. The van der Waals surface area contributed by atoms with Crippen LogP contribution in [-0.4, -0.2) is 30.1 Å². The maximum Gasteiger partial charge on any atom is 0.320 e. The Morgan fingerprint density at radius 2 is 1.94 bits per heavy atom. The van der Waals surface area contributed by atoms with Crippen LogP contribution in [0.25, 0.3) is 0 Å². The molecular weight excluding hydrogens is 233 g/mol. The molecule has 100 valence electrons. The Balaban J connectivity index is 2.50. The van der Waals surface area contributed by atoms with E-state index in [4.69, 9.17) is 4.74 Å². The second kappa shape index (κ2) is 5.96. The van der Waals surface area contributed by atoms with Gasteiger partial charge < -0.3 is 4.74 Å². The van der Waals surface area contributed by atoms with Crippen LogP contribution in [0, 0.1) is 5.82 Å². The molecule has 0 N–H and O–H groups in total. The van der Waals surface area contributed by atoms with Gasteiger partial charge in [-0.2, -0.15) is 0 Å². The van der Waals surface area contributed by atoms with E-state index in [1.165, 1.54) is 6.07 Å². The third kappa shape index (κ3) is 5.27. The number of carbonyl (C=O) groups is 1. The predicted octanol–water partition coefficient (Wildman–Crippen LogP) is 2.60. The van der Waals surface area contributed by atoms with Crippen LogP contribution in [0.5, 0.6) is 0 Å². The van der Waals surface area contributed by atoms with Gasteiger partial charge in [0, 0.05) is 12.1 Å². The Morgan fingerprint density at radius 3 is 2.50 bits per heavy atom. The van der Waals surface area contributed by atoms with Gasteiger partial charge in [0.25, 0.3) is 0 Å². The smallest absolute Gasteiger partial charge is 0.320 e. The van der Waals surface area contributed by atoms with Gasteiger partial charge in [0.2, 0.25) is 0 Å². The minimum Gasteiger partial charge on any atom is -0.459 e. The lowest BCUT2D eigenvalue weighted by Gasteiger charge is -2.22. The second-order valence-electron chi connectivity index (χ2n) is 5.35. The summed E-state index contributed by atoms with van der Waals surface area (Å²) in [6.07, 6.45) is 0. The van der Waals surface area contributed by atoms with Crippen molar-refractivity contribution in [2.45, 2.75) is 32.9 Å². The highest BCUT2D eigenvalue weighted by Gasteiger charge is 2.17. The molecule has 0 amide bonds. The highest BCUT2D eigenvalue weighted by molar-refractivity contribution is 5.72. The van der Waals surface area contributed by atoms with Crippen LogP contribution in [0.15, 0.2) is 24.3 Å². The molecule has 4 heteroatoms. The van der Waals surface area contributed by atoms with Crippen LogP contribution >= 0.6 is 0 Å². The molecule has 1 rings (SSSR count). The van der Waals surface area contributed by atoms with E-state index in [2.05, 4.69) is 0 Å². The van der Waals surface area contributed by atoms with Crippen molar-refractivity contribution in [1.82, 2.24) is 4.90 Å². The van der Waals surface area contributed by atoms with E-state index in [1.54, 1.807) is 30.1 Å².